The first-order chi connectivity index (χ1) is 12.0. The maximum Gasteiger partial charge on any atom is 0.311 e. The molecule has 0 aliphatic carbocycles. The standard InChI is InChI=1S/C16H15N3O6/c1-24-12-5-7-13(8-6-12)25-10-15(20)18-17-9-11-3-2-4-14(16(11)21)19(22)23/h2-9,21H,10H2,1H3,(H,18,20)/b17-9+. The second-order valence-corrected chi connectivity index (χ2v) is 4.73. The summed E-state index contributed by atoms with van der Waals surface area (Å²) in [6.07, 6.45) is 1.10. The molecule has 0 unspecified atom stereocenters. The lowest BCUT2D eigenvalue weighted by molar-refractivity contribution is -0.385. The number of rotatable bonds is 7. The number of hydrogen-bond acceptors (Lipinski definition) is 7. The molecule has 0 bridgehead atoms. The Morgan fingerprint density at radius 2 is 1.96 bits per heavy atom. The van der Waals surface area contributed by atoms with Crippen molar-refractivity contribution >= 4 is 17.8 Å². The van der Waals surface area contributed by atoms with Crippen LogP contribution in [0.15, 0.2) is 47.6 Å². The molecule has 0 aromatic heterocycles. The van der Waals surface area contributed by atoms with Crippen LogP contribution < -0.4 is 14.9 Å². The fourth-order valence-corrected chi connectivity index (χ4v) is 1.83. The van der Waals surface area contributed by atoms with Gasteiger partial charge in [0.25, 0.3) is 5.91 Å². The van der Waals surface area contributed by atoms with Crippen LogP contribution in [-0.2, 0) is 4.79 Å². The van der Waals surface area contributed by atoms with E-state index in [0.717, 1.165) is 12.3 Å². The van der Waals surface area contributed by atoms with Crippen molar-refractivity contribution in [2.24, 2.45) is 5.10 Å². The Kier molecular flexibility index (Phi) is 5.88. The molecule has 0 saturated carbocycles. The van der Waals surface area contributed by atoms with Gasteiger partial charge < -0.3 is 14.6 Å². The van der Waals surface area contributed by atoms with Crippen LogP contribution in [0.1, 0.15) is 5.56 Å². The molecule has 2 aromatic carbocycles. The predicted octanol–water partition coefficient (Wildman–Crippen LogP) is 1.84. The molecule has 0 atom stereocenters. The number of hydrazone groups is 1. The van der Waals surface area contributed by atoms with Gasteiger partial charge >= 0.3 is 5.69 Å². The van der Waals surface area contributed by atoms with E-state index in [0.29, 0.717) is 11.5 Å². The molecule has 0 fully saturated rings. The monoisotopic (exact) mass is 345 g/mol. The summed E-state index contributed by atoms with van der Waals surface area (Å²) < 4.78 is 10.3. The summed E-state index contributed by atoms with van der Waals surface area (Å²) in [5, 5.41) is 24.1. The van der Waals surface area contributed by atoms with E-state index in [4.69, 9.17) is 9.47 Å². The minimum Gasteiger partial charge on any atom is -0.502 e. The zero-order valence-corrected chi connectivity index (χ0v) is 13.2. The number of para-hydroxylation sites is 1. The lowest BCUT2D eigenvalue weighted by Crippen LogP contribution is -2.24. The molecular weight excluding hydrogens is 330 g/mol. The highest BCUT2D eigenvalue weighted by atomic mass is 16.6. The molecule has 2 N–H and O–H groups in total. The van der Waals surface area contributed by atoms with Gasteiger partial charge in [0.1, 0.15) is 11.5 Å². The van der Waals surface area contributed by atoms with Gasteiger partial charge in [-0.2, -0.15) is 5.10 Å². The quantitative estimate of drug-likeness (QED) is 0.448. The highest BCUT2D eigenvalue weighted by Crippen LogP contribution is 2.27. The van der Waals surface area contributed by atoms with Gasteiger partial charge in [0.05, 0.1) is 18.2 Å². The molecule has 0 aliphatic heterocycles. The average molecular weight is 345 g/mol. The molecule has 9 nitrogen and oxygen atoms in total. The minimum absolute atomic E-state index is 0.102. The molecule has 0 saturated heterocycles. The number of nitrogens with one attached hydrogen (secondary N) is 1. The fourth-order valence-electron chi connectivity index (χ4n) is 1.83. The molecule has 0 heterocycles. The lowest BCUT2D eigenvalue weighted by Gasteiger charge is -2.06. The average Bonchev–Trinajstić information content (AvgIpc) is 2.61. The van der Waals surface area contributed by atoms with Crippen LogP contribution in [0.4, 0.5) is 5.69 Å². The van der Waals surface area contributed by atoms with E-state index in [2.05, 4.69) is 10.5 Å². The summed E-state index contributed by atoms with van der Waals surface area (Å²) in [5.41, 5.74) is 1.86. The summed E-state index contributed by atoms with van der Waals surface area (Å²) >= 11 is 0. The van der Waals surface area contributed by atoms with Gasteiger partial charge in [0.2, 0.25) is 5.75 Å². The van der Waals surface area contributed by atoms with E-state index in [1.165, 1.54) is 12.1 Å². The van der Waals surface area contributed by atoms with Gasteiger partial charge in [-0.05, 0) is 30.3 Å². The summed E-state index contributed by atoms with van der Waals surface area (Å²) in [6, 6.07) is 10.7. The van der Waals surface area contributed by atoms with Crippen LogP contribution in [-0.4, -0.2) is 35.9 Å². The summed E-state index contributed by atoms with van der Waals surface area (Å²) in [6.45, 7) is -0.273. The molecular formula is C16H15N3O6. The number of amides is 1. The molecule has 1 amide bonds. The van der Waals surface area contributed by atoms with Crippen LogP contribution >= 0.6 is 0 Å². The van der Waals surface area contributed by atoms with Crippen molar-refractivity contribution < 1.29 is 24.3 Å². The van der Waals surface area contributed by atoms with Crippen LogP contribution in [0.2, 0.25) is 0 Å². The number of benzene rings is 2. The van der Waals surface area contributed by atoms with Crippen LogP contribution in [0.5, 0.6) is 17.2 Å². The number of carbonyl (C=O) groups is 1. The first-order valence-corrected chi connectivity index (χ1v) is 7.06. The molecule has 9 heteroatoms. The van der Waals surface area contributed by atoms with Gasteiger partial charge in [-0.3, -0.25) is 14.9 Å². The highest BCUT2D eigenvalue weighted by molar-refractivity contribution is 5.87. The van der Waals surface area contributed by atoms with Crippen molar-refractivity contribution in [2.45, 2.75) is 0 Å². The zero-order valence-electron chi connectivity index (χ0n) is 13.2. The normalized spacial score (nSPS) is 10.4. The van der Waals surface area contributed by atoms with Crippen molar-refractivity contribution in [2.75, 3.05) is 13.7 Å². The Labute approximate surface area is 142 Å². The number of methoxy groups -OCH3 is 1. The van der Waals surface area contributed by atoms with E-state index in [1.54, 1.807) is 31.4 Å². The van der Waals surface area contributed by atoms with Crippen molar-refractivity contribution in [3.8, 4) is 17.2 Å². The Hall–Kier alpha value is -3.62. The number of nitro groups is 1. The first kappa shape index (κ1) is 17.7. The van der Waals surface area contributed by atoms with Gasteiger partial charge in [-0.1, -0.05) is 6.07 Å². The van der Waals surface area contributed by atoms with Crippen molar-refractivity contribution in [1.82, 2.24) is 5.43 Å². The third kappa shape index (κ3) is 4.93. The molecule has 130 valence electrons. The number of carbonyl (C=O) groups excluding carboxylic acids is 1. The van der Waals surface area contributed by atoms with E-state index in [-0.39, 0.29) is 12.2 Å². The van der Waals surface area contributed by atoms with E-state index in [1.807, 2.05) is 0 Å². The van der Waals surface area contributed by atoms with Gasteiger partial charge in [-0.25, -0.2) is 5.43 Å². The predicted molar refractivity (Wildman–Crippen MR) is 89.0 cm³/mol. The van der Waals surface area contributed by atoms with Crippen LogP contribution in [0.3, 0.4) is 0 Å². The van der Waals surface area contributed by atoms with Gasteiger partial charge in [0.15, 0.2) is 6.61 Å². The maximum absolute atomic E-state index is 11.6. The number of aromatic hydroxyl groups is 1. The molecule has 0 radical (unpaired) electrons. The third-order valence-electron chi connectivity index (χ3n) is 3.06. The Morgan fingerprint density at radius 1 is 1.28 bits per heavy atom. The van der Waals surface area contributed by atoms with Crippen molar-refractivity contribution in [3.05, 3.63) is 58.1 Å². The minimum atomic E-state index is -0.714. The Morgan fingerprint density at radius 3 is 2.60 bits per heavy atom. The maximum atomic E-state index is 11.6. The SMILES string of the molecule is COc1ccc(OCC(=O)N/N=C/c2cccc([N+](=O)[O-])c2O)cc1. The second-order valence-electron chi connectivity index (χ2n) is 4.73. The van der Waals surface area contributed by atoms with Gasteiger partial charge in [0, 0.05) is 11.6 Å². The fraction of sp³-hybridized carbons (Fsp3) is 0.125. The Balaban J connectivity index is 1.88. The van der Waals surface area contributed by atoms with E-state index >= 15 is 0 Å². The van der Waals surface area contributed by atoms with Crippen molar-refractivity contribution in [1.29, 1.82) is 0 Å². The zero-order chi connectivity index (χ0) is 18.2. The lowest BCUT2D eigenvalue weighted by atomic mass is 10.2. The van der Waals surface area contributed by atoms with Crippen LogP contribution in [0.25, 0.3) is 0 Å². The number of phenols is 1. The number of phenolic OH excluding ortho intramolecular Hbond substituents is 1. The van der Waals surface area contributed by atoms with E-state index < -0.39 is 22.3 Å². The molecule has 0 spiro atoms. The van der Waals surface area contributed by atoms with Crippen molar-refractivity contribution in [3.63, 3.8) is 0 Å². The largest absolute Gasteiger partial charge is 0.502 e. The smallest absolute Gasteiger partial charge is 0.311 e. The Bertz CT molecular complexity index is 789. The van der Waals surface area contributed by atoms with Gasteiger partial charge in [-0.15, -0.1) is 0 Å². The summed E-state index contributed by atoms with van der Waals surface area (Å²) in [4.78, 5) is 21.7. The molecule has 2 aromatic rings. The third-order valence-corrected chi connectivity index (χ3v) is 3.06. The number of nitrogens with zero attached hydrogens (tertiary/aromatic N) is 2. The molecule has 0 aliphatic rings. The number of nitro benzene ring substituents is 1. The molecule has 2 rings (SSSR count). The van der Waals surface area contributed by atoms with Crippen LogP contribution in [0, 0.1) is 10.1 Å². The molecule has 25 heavy (non-hydrogen) atoms. The first-order valence-electron chi connectivity index (χ1n) is 7.06. The number of hydrogen-bond donors (Lipinski definition) is 2. The van der Waals surface area contributed by atoms with E-state index in [9.17, 15) is 20.0 Å². The number of ether oxygens (including phenoxy) is 2. The summed E-state index contributed by atoms with van der Waals surface area (Å²) in [7, 11) is 1.54. The topological polar surface area (TPSA) is 123 Å². The highest BCUT2D eigenvalue weighted by Gasteiger charge is 2.15. The summed E-state index contributed by atoms with van der Waals surface area (Å²) in [5.74, 6) is 0.0893. The second kappa shape index (κ2) is 8.29.